The van der Waals surface area contributed by atoms with Crippen LogP contribution in [0.15, 0.2) is 72.8 Å². The fourth-order valence-electron chi connectivity index (χ4n) is 9.39. The fourth-order valence-corrected chi connectivity index (χ4v) is 9.39. The lowest BCUT2D eigenvalue weighted by molar-refractivity contribution is -0.201. The molecule has 0 radical (unpaired) electrons. The molecule has 48 heavy (non-hydrogen) atoms. The van der Waals surface area contributed by atoms with Crippen molar-refractivity contribution in [2.75, 3.05) is 19.6 Å². The van der Waals surface area contributed by atoms with Crippen LogP contribution in [0.25, 0.3) is 6.08 Å². The molecule has 2 unspecified atom stereocenters. The summed E-state index contributed by atoms with van der Waals surface area (Å²) in [6.45, 7) is 2.19. The zero-order valence-corrected chi connectivity index (χ0v) is 26.8. The molecule has 8 rings (SSSR count). The Kier molecular flexibility index (Phi) is 7.64. The average Bonchev–Trinajstić information content (AvgIpc) is 3.82. The van der Waals surface area contributed by atoms with Crippen LogP contribution in [-0.2, 0) is 29.2 Å². The van der Waals surface area contributed by atoms with Gasteiger partial charge in [0.05, 0.1) is 22.6 Å². The molecule has 2 aliphatic heterocycles. The molecule has 5 aliphatic rings. The summed E-state index contributed by atoms with van der Waals surface area (Å²) in [6.07, 6.45) is 3.96. The molecule has 2 heterocycles. The highest BCUT2D eigenvalue weighted by atomic mass is 19.4. The number of aryl methyl sites for hydroxylation is 1. The standard InChI is InChI=1S/C39H41F3N2O4/c40-39(41,42)29-10-4-8-26(22-29)13-16-33(46)44(20-5-9-25-6-2-1-3-7-25)30-17-18-38(47)32-23-28-14-15-31(45)35-34(28)37(38,36(30)48-35)19-21-43(32)24-27-11-12-27/h1-4,6-8,10,13-16,22,27,30,32,36,45,47H,5,9,11-12,17-21,23-24H2/t30?,32-,36?,37+,38-/m1/s1. The molecule has 5 atom stereocenters. The predicted octanol–water partition coefficient (Wildman–Crippen LogP) is 6.52. The summed E-state index contributed by atoms with van der Waals surface area (Å²) in [7, 11) is 0. The third kappa shape index (κ3) is 5.12. The Morgan fingerprint density at radius 2 is 1.85 bits per heavy atom. The highest BCUT2D eigenvalue weighted by Gasteiger charge is 2.73. The maximum absolute atomic E-state index is 14.2. The lowest BCUT2D eigenvalue weighted by atomic mass is 9.48. The van der Waals surface area contributed by atoms with Gasteiger partial charge in [0.2, 0.25) is 5.91 Å². The summed E-state index contributed by atoms with van der Waals surface area (Å²) >= 11 is 0. The summed E-state index contributed by atoms with van der Waals surface area (Å²) in [5, 5.41) is 24.0. The first-order valence-corrected chi connectivity index (χ1v) is 17.3. The van der Waals surface area contributed by atoms with Gasteiger partial charge in [-0.25, -0.2) is 0 Å². The molecule has 1 amide bonds. The van der Waals surface area contributed by atoms with E-state index >= 15 is 0 Å². The molecule has 3 aromatic rings. The molecule has 2 N–H and O–H groups in total. The number of carbonyl (C=O) groups excluding carboxylic acids is 1. The molecule has 2 bridgehead atoms. The van der Waals surface area contributed by atoms with Crippen LogP contribution in [-0.4, -0.2) is 69.3 Å². The SMILES string of the molecule is O=C(C=Cc1cccc(C(F)(F)F)c1)N(CCCc1ccccc1)C1CC[C@@]2(O)[C@H]3Cc4ccc(O)c5c4[C@@]2(CCN3CC2CC2)C1O5. The molecule has 3 fully saturated rings. The molecule has 1 spiro atoms. The van der Waals surface area contributed by atoms with Crippen molar-refractivity contribution in [2.24, 2.45) is 5.92 Å². The third-order valence-corrected chi connectivity index (χ3v) is 11.8. The number of ether oxygens (including phenoxy) is 1. The number of alkyl halides is 3. The highest BCUT2D eigenvalue weighted by Crippen LogP contribution is 2.66. The monoisotopic (exact) mass is 658 g/mol. The van der Waals surface area contributed by atoms with E-state index in [1.54, 1.807) is 12.1 Å². The van der Waals surface area contributed by atoms with Crippen LogP contribution in [0.1, 0.15) is 66.3 Å². The zero-order valence-electron chi connectivity index (χ0n) is 26.8. The molecule has 252 valence electrons. The third-order valence-electron chi connectivity index (χ3n) is 11.8. The summed E-state index contributed by atoms with van der Waals surface area (Å²) in [5.41, 5.74) is 0.792. The van der Waals surface area contributed by atoms with E-state index in [0.29, 0.717) is 50.3 Å². The van der Waals surface area contributed by atoms with Crippen molar-refractivity contribution in [2.45, 2.75) is 86.7 Å². The quantitative estimate of drug-likeness (QED) is 0.256. The Hall–Kier alpha value is -3.82. The van der Waals surface area contributed by atoms with Gasteiger partial charge >= 0.3 is 6.18 Å². The first-order chi connectivity index (χ1) is 23.1. The van der Waals surface area contributed by atoms with Crippen LogP contribution in [0.3, 0.4) is 0 Å². The Balaban J connectivity index is 1.15. The number of rotatable bonds is 9. The number of phenolic OH excluding ortho intramolecular Hbond substituents is 1. The first kappa shape index (κ1) is 31.4. The van der Waals surface area contributed by atoms with E-state index in [1.165, 1.54) is 31.1 Å². The summed E-state index contributed by atoms with van der Waals surface area (Å²) in [5.74, 6) is 0.833. The minimum absolute atomic E-state index is 0.0453. The van der Waals surface area contributed by atoms with Gasteiger partial charge < -0.3 is 19.8 Å². The molecular formula is C39H41F3N2O4. The lowest BCUT2D eigenvalue weighted by Crippen LogP contribution is -2.78. The number of hydrogen-bond acceptors (Lipinski definition) is 5. The van der Waals surface area contributed by atoms with Crippen molar-refractivity contribution in [3.8, 4) is 11.5 Å². The van der Waals surface area contributed by atoms with Gasteiger partial charge in [-0.15, -0.1) is 0 Å². The zero-order chi connectivity index (χ0) is 33.3. The van der Waals surface area contributed by atoms with Crippen molar-refractivity contribution in [1.29, 1.82) is 0 Å². The van der Waals surface area contributed by atoms with Crippen molar-refractivity contribution in [1.82, 2.24) is 9.80 Å². The van der Waals surface area contributed by atoms with E-state index in [0.717, 1.165) is 48.3 Å². The Labute approximate surface area is 278 Å². The van der Waals surface area contributed by atoms with Crippen molar-refractivity contribution in [3.05, 3.63) is 101 Å². The topological polar surface area (TPSA) is 73.2 Å². The smallest absolute Gasteiger partial charge is 0.416 e. The van der Waals surface area contributed by atoms with Gasteiger partial charge in [-0.05, 0) is 105 Å². The van der Waals surface area contributed by atoms with E-state index in [2.05, 4.69) is 17.0 Å². The van der Waals surface area contributed by atoms with Crippen LogP contribution in [0.4, 0.5) is 13.2 Å². The Morgan fingerprint density at radius 3 is 2.62 bits per heavy atom. The molecule has 3 aliphatic carbocycles. The number of amides is 1. The summed E-state index contributed by atoms with van der Waals surface area (Å²) in [4.78, 5) is 18.5. The van der Waals surface area contributed by atoms with Crippen molar-refractivity contribution >= 4 is 12.0 Å². The molecular weight excluding hydrogens is 617 g/mol. The van der Waals surface area contributed by atoms with Gasteiger partial charge in [-0.1, -0.05) is 48.5 Å². The number of nitrogens with zero attached hydrogens (tertiary/aromatic N) is 2. The van der Waals surface area contributed by atoms with Gasteiger partial charge in [0, 0.05) is 30.8 Å². The number of benzene rings is 3. The van der Waals surface area contributed by atoms with Gasteiger partial charge in [-0.3, -0.25) is 9.69 Å². The number of carbonyl (C=O) groups is 1. The van der Waals surface area contributed by atoms with Crippen LogP contribution >= 0.6 is 0 Å². The second-order valence-electron chi connectivity index (χ2n) is 14.5. The van der Waals surface area contributed by atoms with Crippen LogP contribution in [0.2, 0.25) is 0 Å². The van der Waals surface area contributed by atoms with E-state index in [1.807, 2.05) is 29.2 Å². The van der Waals surface area contributed by atoms with Crippen LogP contribution in [0.5, 0.6) is 11.5 Å². The van der Waals surface area contributed by atoms with Gasteiger partial charge in [0.1, 0.15) is 6.10 Å². The Bertz CT molecular complexity index is 1740. The number of phenols is 1. The van der Waals surface area contributed by atoms with E-state index < -0.39 is 34.9 Å². The maximum atomic E-state index is 14.2. The molecule has 6 nitrogen and oxygen atoms in total. The Morgan fingerprint density at radius 1 is 1.04 bits per heavy atom. The summed E-state index contributed by atoms with van der Waals surface area (Å²) in [6, 6.07) is 18.2. The molecule has 3 aromatic carbocycles. The number of hydrogen-bond donors (Lipinski definition) is 2. The second kappa shape index (κ2) is 11.7. The molecule has 1 saturated heterocycles. The van der Waals surface area contributed by atoms with Crippen molar-refractivity contribution < 1.29 is 32.9 Å². The minimum Gasteiger partial charge on any atom is -0.504 e. The van der Waals surface area contributed by atoms with E-state index in [-0.39, 0.29) is 23.3 Å². The largest absolute Gasteiger partial charge is 0.504 e. The minimum atomic E-state index is -4.49. The molecule has 0 aromatic heterocycles. The number of halogens is 3. The first-order valence-electron chi connectivity index (χ1n) is 17.3. The normalized spacial score (nSPS) is 29.0. The molecule has 2 saturated carbocycles. The highest BCUT2D eigenvalue weighted by molar-refractivity contribution is 5.92. The maximum Gasteiger partial charge on any atom is 0.416 e. The lowest BCUT2D eigenvalue weighted by Gasteiger charge is -2.65. The van der Waals surface area contributed by atoms with Gasteiger partial charge in [-0.2, -0.15) is 13.2 Å². The van der Waals surface area contributed by atoms with E-state index in [9.17, 15) is 28.2 Å². The number of aromatic hydroxyl groups is 1. The number of aliphatic hydroxyl groups is 1. The van der Waals surface area contributed by atoms with E-state index in [4.69, 9.17) is 4.74 Å². The van der Waals surface area contributed by atoms with Crippen LogP contribution in [0, 0.1) is 5.92 Å². The van der Waals surface area contributed by atoms with Crippen molar-refractivity contribution in [3.63, 3.8) is 0 Å². The average molecular weight is 659 g/mol. The van der Waals surface area contributed by atoms with Gasteiger partial charge in [0.15, 0.2) is 11.5 Å². The second-order valence-corrected chi connectivity index (χ2v) is 14.5. The van der Waals surface area contributed by atoms with Gasteiger partial charge in [0.25, 0.3) is 0 Å². The number of piperidine rings is 1. The summed E-state index contributed by atoms with van der Waals surface area (Å²) < 4.78 is 47.0. The predicted molar refractivity (Wildman–Crippen MR) is 176 cm³/mol. The molecule has 9 heteroatoms. The number of likely N-dealkylation sites (tertiary alicyclic amines) is 1. The van der Waals surface area contributed by atoms with Crippen LogP contribution < -0.4 is 4.74 Å². The fraction of sp³-hybridized carbons (Fsp3) is 0.462.